The summed E-state index contributed by atoms with van der Waals surface area (Å²) >= 11 is 0. The van der Waals surface area contributed by atoms with Gasteiger partial charge in [-0.15, -0.1) is 0 Å². The average Bonchev–Trinajstić information content (AvgIpc) is 2.29. The van der Waals surface area contributed by atoms with Crippen molar-refractivity contribution in [3.05, 3.63) is 29.3 Å². The monoisotopic (exact) mass is 223 g/mol. The molecule has 2 N–H and O–H groups in total. The van der Waals surface area contributed by atoms with Crippen LogP contribution in [0.4, 0.5) is 0 Å². The Morgan fingerprint density at radius 3 is 2.69 bits per heavy atom. The van der Waals surface area contributed by atoms with E-state index in [4.69, 9.17) is 15.2 Å². The second-order valence-electron chi connectivity index (χ2n) is 3.91. The molecule has 1 rings (SSSR count). The Morgan fingerprint density at radius 2 is 2.12 bits per heavy atom. The minimum absolute atomic E-state index is 0.0378. The molecule has 90 valence electrons. The smallest absolute Gasteiger partial charge is 0.124 e. The Kier molecular flexibility index (Phi) is 5.29. The first-order chi connectivity index (χ1) is 7.69. The first-order valence-corrected chi connectivity index (χ1v) is 5.69. The van der Waals surface area contributed by atoms with Gasteiger partial charge in [-0.3, -0.25) is 0 Å². The van der Waals surface area contributed by atoms with Gasteiger partial charge < -0.3 is 15.2 Å². The predicted molar refractivity (Wildman–Crippen MR) is 65.5 cm³/mol. The number of hydrogen-bond acceptors (Lipinski definition) is 3. The molecule has 0 aromatic heterocycles. The highest BCUT2D eigenvalue weighted by molar-refractivity contribution is 5.37. The van der Waals surface area contributed by atoms with Crippen LogP contribution < -0.4 is 10.5 Å². The fourth-order valence-corrected chi connectivity index (χ4v) is 1.52. The van der Waals surface area contributed by atoms with E-state index in [-0.39, 0.29) is 6.04 Å². The van der Waals surface area contributed by atoms with E-state index in [1.165, 1.54) is 0 Å². The SMILES string of the molecule is CCCOCc1cc(C(C)N)ccc1OC. The van der Waals surface area contributed by atoms with Crippen LogP contribution in [-0.4, -0.2) is 13.7 Å². The predicted octanol–water partition coefficient (Wildman–Crippen LogP) is 2.64. The van der Waals surface area contributed by atoms with Crippen LogP contribution in [0.5, 0.6) is 5.75 Å². The summed E-state index contributed by atoms with van der Waals surface area (Å²) < 4.78 is 10.8. The van der Waals surface area contributed by atoms with Gasteiger partial charge in [-0.05, 0) is 31.0 Å². The van der Waals surface area contributed by atoms with Crippen LogP contribution in [0, 0.1) is 0 Å². The van der Waals surface area contributed by atoms with Crippen molar-refractivity contribution in [2.75, 3.05) is 13.7 Å². The van der Waals surface area contributed by atoms with Gasteiger partial charge in [0.1, 0.15) is 5.75 Å². The normalized spacial score (nSPS) is 12.5. The van der Waals surface area contributed by atoms with Gasteiger partial charge in [0, 0.05) is 18.2 Å². The molecule has 0 aliphatic heterocycles. The van der Waals surface area contributed by atoms with Crippen LogP contribution in [0.1, 0.15) is 37.4 Å². The molecule has 0 amide bonds. The maximum absolute atomic E-state index is 5.85. The molecule has 1 atom stereocenters. The van der Waals surface area contributed by atoms with Gasteiger partial charge in [0.2, 0.25) is 0 Å². The quantitative estimate of drug-likeness (QED) is 0.754. The minimum Gasteiger partial charge on any atom is -0.496 e. The van der Waals surface area contributed by atoms with Crippen molar-refractivity contribution in [3.8, 4) is 5.75 Å². The molecule has 0 bridgehead atoms. The summed E-state index contributed by atoms with van der Waals surface area (Å²) in [5, 5.41) is 0. The number of benzene rings is 1. The summed E-state index contributed by atoms with van der Waals surface area (Å²) in [4.78, 5) is 0. The molecule has 0 aliphatic rings. The number of nitrogens with two attached hydrogens (primary N) is 1. The zero-order valence-corrected chi connectivity index (χ0v) is 10.3. The molecule has 0 aliphatic carbocycles. The van der Waals surface area contributed by atoms with Crippen molar-refractivity contribution in [1.29, 1.82) is 0 Å². The lowest BCUT2D eigenvalue weighted by atomic mass is 10.1. The zero-order valence-electron chi connectivity index (χ0n) is 10.3. The standard InChI is InChI=1S/C13H21NO2/c1-4-7-16-9-12-8-11(10(2)14)5-6-13(12)15-3/h5-6,8,10H,4,7,9,14H2,1-3H3. The van der Waals surface area contributed by atoms with Crippen molar-refractivity contribution in [2.45, 2.75) is 32.9 Å². The van der Waals surface area contributed by atoms with Crippen molar-refractivity contribution in [1.82, 2.24) is 0 Å². The molecule has 0 saturated heterocycles. The fourth-order valence-electron chi connectivity index (χ4n) is 1.52. The van der Waals surface area contributed by atoms with Crippen LogP contribution in [0.2, 0.25) is 0 Å². The van der Waals surface area contributed by atoms with Gasteiger partial charge in [-0.2, -0.15) is 0 Å². The highest BCUT2D eigenvalue weighted by atomic mass is 16.5. The van der Waals surface area contributed by atoms with E-state index >= 15 is 0 Å². The third-order valence-corrected chi connectivity index (χ3v) is 2.44. The number of ether oxygens (including phenoxy) is 2. The Morgan fingerprint density at radius 1 is 1.38 bits per heavy atom. The molecule has 0 fully saturated rings. The fraction of sp³-hybridized carbons (Fsp3) is 0.538. The molecule has 0 radical (unpaired) electrons. The molecular formula is C13H21NO2. The Labute approximate surface area is 97.6 Å². The number of rotatable bonds is 6. The van der Waals surface area contributed by atoms with Crippen molar-refractivity contribution >= 4 is 0 Å². The van der Waals surface area contributed by atoms with Crippen LogP contribution in [0.15, 0.2) is 18.2 Å². The molecule has 0 heterocycles. The number of hydrogen-bond donors (Lipinski definition) is 1. The van der Waals surface area contributed by atoms with Gasteiger partial charge in [-0.1, -0.05) is 13.0 Å². The van der Waals surface area contributed by atoms with E-state index in [1.54, 1.807) is 7.11 Å². The van der Waals surface area contributed by atoms with Gasteiger partial charge in [0.25, 0.3) is 0 Å². The van der Waals surface area contributed by atoms with Crippen LogP contribution >= 0.6 is 0 Å². The molecule has 0 saturated carbocycles. The maximum atomic E-state index is 5.85. The van der Waals surface area contributed by atoms with E-state index in [9.17, 15) is 0 Å². The lowest BCUT2D eigenvalue weighted by molar-refractivity contribution is 0.119. The molecule has 1 aromatic carbocycles. The topological polar surface area (TPSA) is 44.5 Å². The van der Waals surface area contributed by atoms with E-state index < -0.39 is 0 Å². The highest BCUT2D eigenvalue weighted by Gasteiger charge is 2.06. The first-order valence-electron chi connectivity index (χ1n) is 5.69. The molecule has 1 aromatic rings. The van der Waals surface area contributed by atoms with Crippen molar-refractivity contribution in [2.24, 2.45) is 5.73 Å². The van der Waals surface area contributed by atoms with Gasteiger partial charge in [0.05, 0.1) is 13.7 Å². The summed E-state index contributed by atoms with van der Waals surface area (Å²) in [6, 6.07) is 6.03. The third-order valence-electron chi connectivity index (χ3n) is 2.44. The molecule has 16 heavy (non-hydrogen) atoms. The Hall–Kier alpha value is -1.06. The molecule has 3 heteroatoms. The molecule has 1 unspecified atom stereocenters. The summed E-state index contributed by atoms with van der Waals surface area (Å²) in [6.07, 6.45) is 1.02. The molecule has 0 spiro atoms. The summed E-state index contributed by atoms with van der Waals surface area (Å²) in [7, 11) is 1.67. The Bertz CT molecular complexity index is 324. The van der Waals surface area contributed by atoms with Crippen LogP contribution in [0.25, 0.3) is 0 Å². The van der Waals surface area contributed by atoms with E-state index in [1.807, 2.05) is 19.1 Å². The zero-order chi connectivity index (χ0) is 12.0. The third kappa shape index (κ3) is 3.51. The lowest BCUT2D eigenvalue weighted by Gasteiger charge is -2.12. The minimum atomic E-state index is 0.0378. The second-order valence-corrected chi connectivity index (χ2v) is 3.91. The second kappa shape index (κ2) is 6.51. The van der Waals surface area contributed by atoms with Crippen LogP contribution in [0.3, 0.4) is 0 Å². The average molecular weight is 223 g/mol. The van der Waals surface area contributed by atoms with E-state index in [0.29, 0.717) is 6.61 Å². The van der Waals surface area contributed by atoms with Crippen molar-refractivity contribution in [3.63, 3.8) is 0 Å². The number of methoxy groups -OCH3 is 1. The largest absolute Gasteiger partial charge is 0.496 e. The van der Waals surface area contributed by atoms with Gasteiger partial charge in [0.15, 0.2) is 0 Å². The van der Waals surface area contributed by atoms with Gasteiger partial charge >= 0.3 is 0 Å². The van der Waals surface area contributed by atoms with E-state index in [2.05, 4.69) is 13.0 Å². The molecule has 3 nitrogen and oxygen atoms in total. The summed E-state index contributed by atoms with van der Waals surface area (Å²) in [5.41, 5.74) is 8.02. The maximum Gasteiger partial charge on any atom is 0.124 e. The highest BCUT2D eigenvalue weighted by Crippen LogP contribution is 2.23. The van der Waals surface area contributed by atoms with Gasteiger partial charge in [-0.25, -0.2) is 0 Å². The first kappa shape index (κ1) is 13.0. The lowest BCUT2D eigenvalue weighted by Crippen LogP contribution is -2.06. The summed E-state index contributed by atoms with van der Waals surface area (Å²) in [6.45, 7) is 5.41. The van der Waals surface area contributed by atoms with E-state index in [0.717, 1.165) is 29.9 Å². The van der Waals surface area contributed by atoms with Crippen molar-refractivity contribution < 1.29 is 9.47 Å². The van der Waals surface area contributed by atoms with Crippen LogP contribution in [-0.2, 0) is 11.3 Å². The molecular weight excluding hydrogens is 202 g/mol. The Balaban J connectivity index is 2.80. The summed E-state index contributed by atoms with van der Waals surface area (Å²) in [5.74, 6) is 0.862.